The third-order valence-corrected chi connectivity index (χ3v) is 4.51. The van der Waals surface area contributed by atoms with Crippen LogP contribution in [-0.4, -0.2) is 53.5 Å². The van der Waals surface area contributed by atoms with Crippen molar-refractivity contribution in [3.63, 3.8) is 0 Å². The first-order valence-electron chi connectivity index (χ1n) is 7.80. The summed E-state index contributed by atoms with van der Waals surface area (Å²) in [4.78, 5) is 9.49. The second-order valence-electron chi connectivity index (χ2n) is 5.64. The van der Waals surface area contributed by atoms with Gasteiger partial charge in [0.2, 0.25) is 0 Å². The van der Waals surface area contributed by atoms with Gasteiger partial charge in [0.25, 0.3) is 0 Å². The van der Waals surface area contributed by atoms with Crippen LogP contribution in [0.4, 0.5) is 0 Å². The number of likely N-dealkylation sites (tertiary alicyclic amines) is 1. The molecule has 2 heterocycles. The molecular weight excluding hydrogens is 248 g/mol. The zero-order chi connectivity index (χ0) is 14.5. The van der Waals surface area contributed by atoms with Gasteiger partial charge in [-0.05, 0) is 38.1 Å². The van der Waals surface area contributed by atoms with Crippen LogP contribution in [0.5, 0.6) is 0 Å². The Kier molecular flexibility index (Phi) is 5.52. The highest BCUT2D eigenvalue weighted by Crippen LogP contribution is 2.26. The molecule has 0 aliphatic carbocycles. The predicted octanol–water partition coefficient (Wildman–Crippen LogP) is 1.81. The SMILES string of the molecule is CCN(CC)C1CCN(C(CN)c2ccc(C)nc2)C1. The highest BCUT2D eigenvalue weighted by atomic mass is 15.3. The summed E-state index contributed by atoms with van der Waals surface area (Å²) in [5.74, 6) is 0. The first kappa shape index (κ1) is 15.4. The van der Waals surface area contributed by atoms with Gasteiger partial charge in [-0.1, -0.05) is 19.9 Å². The fraction of sp³-hybridized carbons (Fsp3) is 0.688. The van der Waals surface area contributed by atoms with Crippen LogP contribution in [0.3, 0.4) is 0 Å². The van der Waals surface area contributed by atoms with Crippen molar-refractivity contribution in [2.45, 2.75) is 39.3 Å². The van der Waals surface area contributed by atoms with Crippen LogP contribution < -0.4 is 5.73 Å². The minimum absolute atomic E-state index is 0.309. The Morgan fingerprint density at radius 2 is 2.15 bits per heavy atom. The lowest BCUT2D eigenvalue weighted by Gasteiger charge is -2.29. The molecule has 2 unspecified atom stereocenters. The van der Waals surface area contributed by atoms with Crippen molar-refractivity contribution in [2.24, 2.45) is 5.73 Å². The van der Waals surface area contributed by atoms with Gasteiger partial charge in [-0.25, -0.2) is 0 Å². The zero-order valence-corrected chi connectivity index (χ0v) is 13.0. The Labute approximate surface area is 123 Å². The maximum absolute atomic E-state index is 6.03. The highest BCUT2D eigenvalue weighted by Gasteiger charge is 2.30. The molecule has 2 atom stereocenters. The number of pyridine rings is 1. The maximum Gasteiger partial charge on any atom is 0.0486 e. The smallest absolute Gasteiger partial charge is 0.0486 e. The number of rotatable bonds is 6. The second-order valence-corrected chi connectivity index (χ2v) is 5.64. The molecule has 0 bridgehead atoms. The van der Waals surface area contributed by atoms with Gasteiger partial charge in [0.15, 0.2) is 0 Å². The number of aryl methyl sites for hydroxylation is 1. The van der Waals surface area contributed by atoms with Gasteiger partial charge in [-0.15, -0.1) is 0 Å². The molecule has 2 rings (SSSR count). The average Bonchev–Trinajstić information content (AvgIpc) is 2.93. The van der Waals surface area contributed by atoms with Crippen molar-refractivity contribution in [1.82, 2.24) is 14.8 Å². The third-order valence-electron chi connectivity index (χ3n) is 4.51. The predicted molar refractivity (Wildman–Crippen MR) is 83.7 cm³/mol. The van der Waals surface area contributed by atoms with Crippen LogP contribution in [0, 0.1) is 6.92 Å². The van der Waals surface area contributed by atoms with Crippen molar-refractivity contribution in [3.05, 3.63) is 29.6 Å². The molecule has 112 valence electrons. The Bertz CT molecular complexity index is 399. The molecule has 0 spiro atoms. The molecule has 1 aromatic rings. The van der Waals surface area contributed by atoms with E-state index in [0.717, 1.165) is 31.9 Å². The van der Waals surface area contributed by atoms with Gasteiger partial charge in [-0.2, -0.15) is 0 Å². The van der Waals surface area contributed by atoms with Gasteiger partial charge in [0, 0.05) is 43.6 Å². The summed E-state index contributed by atoms with van der Waals surface area (Å²) in [6.07, 6.45) is 3.23. The lowest BCUT2D eigenvalue weighted by atomic mass is 10.1. The zero-order valence-electron chi connectivity index (χ0n) is 13.0. The molecule has 0 aromatic carbocycles. The number of nitrogens with two attached hydrogens (primary N) is 1. The van der Waals surface area contributed by atoms with E-state index >= 15 is 0 Å². The van der Waals surface area contributed by atoms with E-state index in [-0.39, 0.29) is 0 Å². The molecule has 0 amide bonds. The number of hydrogen-bond acceptors (Lipinski definition) is 4. The summed E-state index contributed by atoms with van der Waals surface area (Å²) >= 11 is 0. The van der Waals surface area contributed by atoms with Gasteiger partial charge in [-0.3, -0.25) is 14.8 Å². The molecule has 1 aliphatic rings. The van der Waals surface area contributed by atoms with Gasteiger partial charge in [0.1, 0.15) is 0 Å². The van der Waals surface area contributed by atoms with E-state index in [1.54, 1.807) is 0 Å². The standard InChI is InChI=1S/C16H28N4/c1-4-19(5-2)15-8-9-20(12-15)16(10-17)14-7-6-13(3)18-11-14/h6-7,11,15-16H,4-5,8-10,12,17H2,1-3H3. The van der Waals surface area contributed by atoms with E-state index in [1.807, 2.05) is 13.1 Å². The summed E-state index contributed by atoms with van der Waals surface area (Å²) in [7, 11) is 0. The van der Waals surface area contributed by atoms with Crippen LogP contribution in [0.25, 0.3) is 0 Å². The van der Waals surface area contributed by atoms with E-state index in [9.17, 15) is 0 Å². The van der Waals surface area contributed by atoms with Crippen LogP contribution in [0.15, 0.2) is 18.3 Å². The number of hydrogen-bond donors (Lipinski definition) is 1. The quantitative estimate of drug-likeness (QED) is 0.860. The molecule has 1 fully saturated rings. The van der Waals surface area contributed by atoms with Crippen LogP contribution in [-0.2, 0) is 0 Å². The Morgan fingerprint density at radius 1 is 1.40 bits per heavy atom. The number of likely N-dealkylation sites (N-methyl/N-ethyl adjacent to an activating group) is 1. The molecule has 0 saturated carbocycles. The molecule has 2 N–H and O–H groups in total. The van der Waals surface area contributed by atoms with Crippen LogP contribution in [0.2, 0.25) is 0 Å². The normalized spacial score (nSPS) is 21.6. The minimum Gasteiger partial charge on any atom is -0.329 e. The van der Waals surface area contributed by atoms with Gasteiger partial charge in [0.05, 0.1) is 0 Å². The van der Waals surface area contributed by atoms with Crippen molar-refractivity contribution in [1.29, 1.82) is 0 Å². The molecule has 4 heteroatoms. The van der Waals surface area contributed by atoms with Gasteiger partial charge < -0.3 is 5.73 Å². The Hall–Kier alpha value is -0.970. The fourth-order valence-electron chi connectivity index (χ4n) is 3.26. The molecule has 1 aromatic heterocycles. The summed E-state index contributed by atoms with van der Waals surface area (Å²) < 4.78 is 0. The number of nitrogens with zero attached hydrogens (tertiary/aromatic N) is 3. The number of aromatic nitrogens is 1. The lowest BCUT2D eigenvalue weighted by Crippen LogP contribution is -2.39. The van der Waals surface area contributed by atoms with E-state index in [2.05, 4.69) is 40.8 Å². The summed E-state index contributed by atoms with van der Waals surface area (Å²) in [5, 5.41) is 0. The summed E-state index contributed by atoms with van der Waals surface area (Å²) in [6, 6.07) is 5.24. The summed E-state index contributed by atoms with van der Waals surface area (Å²) in [5.41, 5.74) is 8.34. The minimum atomic E-state index is 0.309. The Morgan fingerprint density at radius 3 is 2.70 bits per heavy atom. The van der Waals surface area contributed by atoms with Crippen molar-refractivity contribution >= 4 is 0 Å². The largest absolute Gasteiger partial charge is 0.329 e. The monoisotopic (exact) mass is 276 g/mol. The lowest BCUT2D eigenvalue weighted by molar-refractivity contribution is 0.189. The van der Waals surface area contributed by atoms with Crippen LogP contribution >= 0.6 is 0 Å². The van der Waals surface area contributed by atoms with E-state index in [1.165, 1.54) is 12.0 Å². The van der Waals surface area contributed by atoms with E-state index < -0.39 is 0 Å². The van der Waals surface area contributed by atoms with E-state index in [0.29, 0.717) is 18.6 Å². The molecule has 0 radical (unpaired) electrons. The third kappa shape index (κ3) is 3.37. The highest BCUT2D eigenvalue weighted by molar-refractivity contribution is 5.18. The Balaban J connectivity index is 2.04. The molecule has 20 heavy (non-hydrogen) atoms. The molecule has 4 nitrogen and oxygen atoms in total. The first-order valence-corrected chi connectivity index (χ1v) is 7.80. The first-order chi connectivity index (χ1) is 9.69. The molecular formula is C16H28N4. The summed E-state index contributed by atoms with van der Waals surface area (Å²) in [6.45, 7) is 11.7. The van der Waals surface area contributed by atoms with E-state index in [4.69, 9.17) is 5.73 Å². The molecule has 1 saturated heterocycles. The van der Waals surface area contributed by atoms with Gasteiger partial charge >= 0.3 is 0 Å². The van der Waals surface area contributed by atoms with Crippen molar-refractivity contribution in [2.75, 3.05) is 32.7 Å². The molecule has 1 aliphatic heterocycles. The topological polar surface area (TPSA) is 45.4 Å². The maximum atomic E-state index is 6.03. The van der Waals surface area contributed by atoms with Crippen LogP contribution in [0.1, 0.15) is 37.6 Å². The van der Waals surface area contributed by atoms with Crippen molar-refractivity contribution < 1.29 is 0 Å². The second kappa shape index (κ2) is 7.16. The average molecular weight is 276 g/mol. The fourth-order valence-corrected chi connectivity index (χ4v) is 3.26. The van der Waals surface area contributed by atoms with Crippen molar-refractivity contribution in [3.8, 4) is 0 Å².